The Balaban J connectivity index is 1.64. The summed E-state index contributed by atoms with van der Waals surface area (Å²) < 4.78 is 82.7. The number of anilines is 1. The van der Waals surface area contributed by atoms with Gasteiger partial charge in [0.05, 0.1) is 0 Å². The topological polar surface area (TPSA) is 54.2 Å². The zero-order valence-corrected chi connectivity index (χ0v) is 16.0. The number of alkyl halides is 3. The van der Waals surface area contributed by atoms with Gasteiger partial charge in [0.15, 0.2) is 23.1 Å². The Morgan fingerprint density at radius 2 is 1.61 bits per heavy atom. The molecule has 2 fully saturated rings. The van der Waals surface area contributed by atoms with Gasteiger partial charge in [-0.3, -0.25) is 0 Å². The molecule has 3 atom stereocenters. The molecule has 31 heavy (non-hydrogen) atoms. The van der Waals surface area contributed by atoms with Crippen LogP contribution in [0.25, 0.3) is 16.8 Å². The molecule has 164 valence electrons. The van der Waals surface area contributed by atoms with Crippen LogP contribution in [-0.4, -0.2) is 33.7 Å². The van der Waals surface area contributed by atoms with Crippen molar-refractivity contribution in [2.24, 2.45) is 11.8 Å². The van der Waals surface area contributed by atoms with Crippen LogP contribution in [0.4, 0.5) is 32.3 Å². The van der Waals surface area contributed by atoms with E-state index in [1.54, 1.807) is 0 Å². The van der Waals surface area contributed by atoms with Crippen LogP contribution >= 0.6 is 0 Å². The third kappa shape index (κ3) is 3.31. The fraction of sp³-hybridized carbons (Fsp3) is 0.400. The number of nitrogens with zero attached hydrogens (tertiary/aromatic N) is 3. The van der Waals surface area contributed by atoms with Crippen LogP contribution in [0.3, 0.4) is 0 Å². The Hall–Kier alpha value is -2.82. The minimum absolute atomic E-state index is 0.0106. The van der Waals surface area contributed by atoms with E-state index < -0.39 is 34.9 Å². The van der Waals surface area contributed by atoms with Crippen molar-refractivity contribution < 1.29 is 26.3 Å². The lowest BCUT2D eigenvalue weighted by atomic mass is 9.94. The molecule has 0 spiro atoms. The monoisotopic (exact) mass is 441 g/mol. The van der Waals surface area contributed by atoms with E-state index in [9.17, 15) is 26.3 Å². The number of nitrogens with one attached hydrogen (secondary N) is 2. The van der Waals surface area contributed by atoms with Crippen molar-refractivity contribution in [3.8, 4) is 11.1 Å². The summed E-state index contributed by atoms with van der Waals surface area (Å²) in [5.74, 6) is -4.03. The summed E-state index contributed by atoms with van der Waals surface area (Å²) in [5, 5.41) is 10.5. The van der Waals surface area contributed by atoms with Gasteiger partial charge in [-0.25, -0.2) is 17.7 Å². The number of fused-ring (bicyclic) bond motifs is 3. The minimum Gasteiger partial charge on any atom is -0.350 e. The highest BCUT2D eigenvalue weighted by Crippen LogP contribution is 2.37. The van der Waals surface area contributed by atoms with Gasteiger partial charge in [0.1, 0.15) is 5.69 Å². The molecule has 0 unspecified atom stereocenters. The highest BCUT2D eigenvalue weighted by molar-refractivity contribution is 5.79. The second-order valence-corrected chi connectivity index (χ2v) is 7.95. The normalized spacial score (nSPS) is 23.5. The SMILES string of the molecule is Fc1ccc(-c2ccc(C(F)(F)F)n3nc(N[C@@H]4[C@@H]5CC[C@H]4CNC5)nc23)c(F)c1F. The van der Waals surface area contributed by atoms with E-state index >= 15 is 0 Å². The molecule has 5 rings (SSSR count). The maximum Gasteiger partial charge on any atom is 0.433 e. The van der Waals surface area contributed by atoms with Crippen LogP contribution in [0, 0.1) is 29.3 Å². The fourth-order valence-electron chi connectivity index (χ4n) is 4.65. The largest absolute Gasteiger partial charge is 0.433 e. The van der Waals surface area contributed by atoms with Crippen molar-refractivity contribution in [1.82, 2.24) is 19.9 Å². The van der Waals surface area contributed by atoms with Gasteiger partial charge in [0, 0.05) is 17.2 Å². The van der Waals surface area contributed by atoms with Crippen molar-refractivity contribution in [3.63, 3.8) is 0 Å². The summed E-state index contributed by atoms with van der Waals surface area (Å²) in [7, 11) is 0. The molecule has 1 aliphatic carbocycles. The van der Waals surface area contributed by atoms with Crippen LogP contribution in [0.2, 0.25) is 0 Å². The van der Waals surface area contributed by atoms with Crippen LogP contribution < -0.4 is 10.6 Å². The smallest absolute Gasteiger partial charge is 0.350 e. The number of hydrogen-bond donors (Lipinski definition) is 2. The van der Waals surface area contributed by atoms with Gasteiger partial charge < -0.3 is 10.6 Å². The maximum absolute atomic E-state index is 14.4. The van der Waals surface area contributed by atoms with E-state index in [2.05, 4.69) is 20.7 Å². The van der Waals surface area contributed by atoms with Crippen molar-refractivity contribution in [1.29, 1.82) is 0 Å². The first-order chi connectivity index (χ1) is 14.7. The highest BCUT2D eigenvalue weighted by Gasteiger charge is 2.40. The lowest BCUT2D eigenvalue weighted by Gasteiger charge is -2.30. The number of halogens is 6. The maximum atomic E-state index is 14.4. The van der Waals surface area contributed by atoms with Gasteiger partial charge in [-0.15, -0.1) is 5.10 Å². The molecule has 1 saturated heterocycles. The summed E-state index contributed by atoms with van der Waals surface area (Å²) >= 11 is 0. The van der Waals surface area contributed by atoms with E-state index in [1.165, 1.54) is 0 Å². The van der Waals surface area contributed by atoms with Gasteiger partial charge in [-0.2, -0.15) is 18.2 Å². The van der Waals surface area contributed by atoms with Crippen molar-refractivity contribution >= 4 is 11.6 Å². The average molecular weight is 441 g/mol. The molecule has 3 aromatic rings. The molecule has 11 heteroatoms. The van der Waals surface area contributed by atoms with Gasteiger partial charge >= 0.3 is 6.18 Å². The Bertz CT molecular complexity index is 1140. The summed E-state index contributed by atoms with van der Waals surface area (Å²) in [6.07, 6.45) is -2.77. The lowest BCUT2D eigenvalue weighted by molar-refractivity contribution is -0.142. The quantitative estimate of drug-likeness (QED) is 0.472. The molecule has 5 nitrogen and oxygen atoms in total. The molecule has 2 aromatic heterocycles. The molecule has 2 aliphatic rings. The molecule has 1 aliphatic heterocycles. The summed E-state index contributed by atoms with van der Waals surface area (Å²) in [4.78, 5) is 4.18. The van der Waals surface area contributed by atoms with Crippen molar-refractivity contribution in [3.05, 3.63) is 47.4 Å². The van der Waals surface area contributed by atoms with Crippen LogP contribution in [0.1, 0.15) is 18.5 Å². The van der Waals surface area contributed by atoms with E-state index in [0.29, 0.717) is 22.4 Å². The molecule has 0 amide bonds. The number of piperidine rings is 1. The van der Waals surface area contributed by atoms with Crippen LogP contribution in [-0.2, 0) is 6.18 Å². The predicted molar refractivity (Wildman–Crippen MR) is 99.8 cm³/mol. The number of hydrogen-bond acceptors (Lipinski definition) is 4. The zero-order valence-electron chi connectivity index (χ0n) is 16.0. The van der Waals surface area contributed by atoms with Crippen molar-refractivity contribution in [2.75, 3.05) is 18.4 Å². The fourth-order valence-corrected chi connectivity index (χ4v) is 4.65. The van der Waals surface area contributed by atoms with E-state index in [1.807, 2.05) is 0 Å². The molecule has 1 aromatic carbocycles. The molecule has 2 N–H and O–H groups in total. The van der Waals surface area contributed by atoms with Gasteiger partial charge in [0.2, 0.25) is 5.95 Å². The Morgan fingerprint density at radius 1 is 0.935 bits per heavy atom. The van der Waals surface area contributed by atoms with Crippen LogP contribution in [0.5, 0.6) is 0 Å². The van der Waals surface area contributed by atoms with Gasteiger partial charge in [-0.05, 0) is 62.0 Å². The molecule has 1 saturated carbocycles. The molecular weight excluding hydrogens is 424 g/mol. The first-order valence-corrected chi connectivity index (χ1v) is 9.82. The molecule has 2 bridgehead atoms. The number of rotatable bonds is 3. The average Bonchev–Trinajstić information content (AvgIpc) is 3.21. The number of aromatic nitrogens is 3. The third-order valence-corrected chi connectivity index (χ3v) is 6.13. The van der Waals surface area contributed by atoms with Crippen LogP contribution in [0.15, 0.2) is 24.3 Å². The highest BCUT2D eigenvalue weighted by atomic mass is 19.4. The summed E-state index contributed by atoms with van der Waals surface area (Å²) in [6.45, 7) is 1.58. The Kier molecular flexibility index (Phi) is 4.61. The third-order valence-electron chi connectivity index (χ3n) is 6.13. The minimum atomic E-state index is -4.75. The summed E-state index contributed by atoms with van der Waals surface area (Å²) in [6, 6.07) is 3.39. The predicted octanol–water partition coefficient (Wildman–Crippen LogP) is 4.24. The molecule has 3 heterocycles. The first kappa shape index (κ1) is 20.1. The Labute approximate surface area is 172 Å². The lowest BCUT2D eigenvalue weighted by Crippen LogP contribution is -2.45. The standard InChI is InChI=1S/C20H17F6N5/c21-13-5-3-11(15(22)16(13)23)12-4-6-14(20(24,25)26)31-18(12)29-19(30-31)28-17-9-1-2-10(17)8-27-7-9/h3-6,9-10,17,27H,1-2,7-8H2,(H,28,30)/t9-,10+,17-. The van der Waals surface area contributed by atoms with Crippen molar-refractivity contribution in [2.45, 2.75) is 25.1 Å². The summed E-state index contributed by atoms with van der Waals surface area (Å²) in [5.41, 5.74) is -1.94. The van der Waals surface area contributed by atoms with E-state index in [0.717, 1.165) is 44.1 Å². The van der Waals surface area contributed by atoms with E-state index in [-0.39, 0.29) is 23.2 Å². The van der Waals surface area contributed by atoms with Gasteiger partial charge in [0.25, 0.3) is 0 Å². The zero-order chi connectivity index (χ0) is 21.9. The second-order valence-electron chi connectivity index (χ2n) is 7.95. The second kappa shape index (κ2) is 7.11. The molecular formula is C20H17F6N5. The van der Waals surface area contributed by atoms with E-state index in [4.69, 9.17) is 0 Å². The molecule has 0 radical (unpaired) electrons. The first-order valence-electron chi connectivity index (χ1n) is 9.82. The number of benzene rings is 1. The Morgan fingerprint density at radius 3 is 2.29 bits per heavy atom. The number of pyridine rings is 1. The van der Waals surface area contributed by atoms with Gasteiger partial charge in [-0.1, -0.05) is 0 Å².